The number of nitrogens with one attached hydrogen (secondary N) is 1. The molecular formula is C22H23N3O4. The van der Waals surface area contributed by atoms with Gasteiger partial charge in [0, 0.05) is 24.9 Å². The van der Waals surface area contributed by atoms with Crippen LogP contribution in [0.2, 0.25) is 0 Å². The van der Waals surface area contributed by atoms with E-state index in [0.29, 0.717) is 5.69 Å². The summed E-state index contributed by atoms with van der Waals surface area (Å²) in [7, 11) is 0. The highest BCUT2D eigenvalue weighted by atomic mass is 16.4. The van der Waals surface area contributed by atoms with Gasteiger partial charge in [-0.2, -0.15) is 0 Å². The van der Waals surface area contributed by atoms with E-state index in [1.54, 1.807) is 6.07 Å². The van der Waals surface area contributed by atoms with Crippen molar-refractivity contribution in [3.05, 3.63) is 88.0 Å². The molecule has 3 N–H and O–H groups in total. The monoisotopic (exact) mass is 393 g/mol. The maximum atomic E-state index is 13.1. The maximum absolute atomic E-state index is 13.1. The third kappa shape index (κ3) is 4.35. The smallest absolute Gasteiger partial charge is 0.335 e. The number of nitrogens with zero attached hydrogens (tertiary/aromatic N) is 2. The average Bonchev–Trinajstić information content (AvgIpc) is 2.73. The molecule has 0 spiro atoms. The van der Waals surface area contributed by atoms with Gasteiger partial charge in [-0.15, -0.1) is 0 Å². The number of rotatable bonds is 7. The van der Waals surface area contributed by atoms with Gasteiger partial charge in [0.25, 0.3) is 5.56 Å². The second kappa shape index (κ2) is 8.70. The number of hydrogen-bond acceptors (Lipinski definition) is 5. The summed E-state index contributed by atoms with van der Waals surface area (Å²) in [6.07, 6.45) is 3.00. The minimum Gasteiger partial charge on any atom is -0.478 e. The van der Waals surface area contributed by atoms with E-state index in [1.807, 2.05) is 44.2 Å². The molecule has 0 aliphatic rings. The van der Waals surface area contributed by atoms with Gasteiger partial charge in [0.15, 0.2) is 5.82 Å². The van der Waals surface area contributed by atoms with E-state index < -0.39 is 11.5 Å². The summed E-state index contributed by atoms with van der Waals surface area (Å²) >= 11 is 0. The fourth-order valence-corrected chi connectivity index (χ4v) is 3.17. The zero-order chi connectivity index (χ0) is 21.0. The molecule has 0 saturated heterocycles. The first-order valence-electron chi connectivity index (χ1n) is 9.26. The molecule has 2 aromatic carbocycles. The van der Waals surface area contributed by atoms with E-state index in [9.17, 15) is 19.8 Å². The summed E-state index contributed by atoms with van der Waals surface area (Å²) in [5, 5.41) is 22.1. The molecule has 0 aliphatic carbocycles. The maximum Gasteiger partial charge on any atom is 0.335 e. The SMILES string of the molecule is Cc1ccc(C(=O)O)cc1-n1ccnc(NC(c2ccccc2)C(C)CO)c1=O. The van der Waals surface area contributed by atoms with Crippen molar-refractivity contribution in [3.63, 3.8) is 0 Å². The molecule has 7 heteroatoms. The number of carboxylic acids is 1. The first-order valence-corrected chi connectivity index (χ1v) is 9.26. The molecule has 1 aromatic heterocycles. The van der Waals surface area contributed by atoms with Crippen molar-refractivity contribution < 1.29 is 15.0 Å². The summed E-state index contributed by atoms with van der Waals surface area (Å²) in [6.45, 7) is 3.63. The number of aromatic carboxylic acids is 1. The van der Waals surface area contributed by atoms with Crippen molar-refractivity contribution in [2.24, 2.45) is 5.92 Å². The highest BCUT2D eigenvalue weighted by Gasteiger charge is 2.21. The van der Waals surface area contributed by atoms with Crippen LogP contribution in [0.3, 0.4) is 0 Å². The summed E-state index contributed by atoms with van der Waals surface area (Å²) in [6, 6.07) is 13.8. The Balaban J connectivity index is 2.04. The molecular weight excluding hydrogens is 370 g/mol. The molecule has 0 radical (unpaired) electrons. The van der Waals surface area contributed by atoms with Crippen molar-refractivity contribution >= 4 is 11.8 Å². The second-order valence-corrected chi connectivity index (χ2v) is 6.95. The van der Waals surface area contributed by atoms with E-state index in [0.717, 1.165) is 11.1 Å². The number of carboxylic acid groups (broad SMARTS) is 1. The van der Waals surface area contributed by atoms with Crippen molar-refractivity contribution in [2.45, 2.75) is 19.9 Å². The summed E-state index contributed by atoms with van der Waals surface area (Å²) in [5.74, 6) is -1.10. The van der Waals surface area contributed by atoms with Gasteiger partial charge in [0.05, 0.1) is 17.3 Å². The lowest BCUT2D eigenvalue weighted by Gasteiger charge is -2.24. The summed E-state index contributed by atoms with van der Waals surface area (Å²) in [5.41, 5.74) is 1.86. The van der Waals surface area contributed by atoms with Crippen LogP contribution in [-0.4, -0.2) is 32.3 Å². The molecule has 29 heavy (non-hydrogen) atoms. The predicted octanol–water partition coefficient (Wildman–Crippen LogP) is 3.02. The van der Waals surface area contributed by atoms with Crippen molar-refractivity contribution in [1.82, 2.24) is 9.55 Å². The first-order chi connectivity index (χ1) is 13.9. The van der Waals surface area contributed by atoms with Crippen LogP contribution in [-0.2, 0) is 0 Å². The van der Waals surface area contributed by atoms with Crippen LogP contribution in [0, 0.1) is 12.8 Å². The number of aryl methyl sites for hydroxylation is 1. The van der Waals surface area contributed by atoms with E-state index >= 15 is 0 Å². The third-order valence-corrected chi connectivity index (χ3v) is 4.86. The number of carbonyl (C=O) groups is 1. The van der Waals surface area contributed by atoms with Gasteiger partial charge in [-0.1, -0.05) is 43.3 Å². The zero-order valence-electron chi connectivity index (χ0n) is 16.2. The minimum absolute atomic E-state index is 0.0622. The largest absolute Gasteiger partial charge is 0.478 e. The number of hydrogen-bond donors (Lipinski definition) is 3. The van der Waals surface area contributed by atoms with E-state index in [-0.39, 0.29) is 29.9 Å². The quantitative estimate of drug-likeness (QED) is 0.570. The molecule has 0 amide bonds. The van der Waals surface area contributed by atoms with Crippen LogP contribution in [0.25, 0.3) is 5.69 Å². The van der Waals surface area contributed by atoms with Crippen LogP contribution < -0.4 is 10.9 Å². The first kappa shape index (κ1) is 20.3. The van der Waals surface area contributed by atoms with Gasteiger partial charge in [-0.05, 0) is 30.2 Å². The Hall–Kier alpha value is -3.45. The molecule has 2 atom stereocenters. The molecule has 2 unspecified atom stereocenters. The van der Waals surface area contributed by atoms with Gasteiger partial charge in [0.1, 0.15) is 0 Å². The van der Waals surface area contributed by atoms with Crippen LogP contribution in [0.4, 0.5) is 5.82 Å². The molecule has 1 heterocycles. The van der Waals surface area contributed by atoms with Gasteiger partial charge >= 0.3 is 5.97 Å². The predicted molar refractivity (Wildman–Crippen MR) is 111 cm³/mol. The Labute approximate surface area is 168 Å². The lowest BCUT2D eigenvalue weighted by atomic mass is 9.95. The molecule has 0 bridgehead atoms. The Morgan fingerprint density at radius 3 is 2.59 bits per heavy atom. The highest BCUT2D eigenvalue weighted by Crippen LogP contribution is 2.25. The average molecular weight is 393 g/mol. The van der Waals surface area contributed by atoms with Crippen LogP contribution >= 0.6 is 0 Å². The Morgan fingerprint density at radius 2 is 1.93 bits per heavy atom. The number of anilines is 1. The van der Waals surface area contributed by atoms with E-state index in [2.05, 4.69) is 10.3 Å². The Bertz CT molecular complexity index is 1060. The minimum atomic E-state index is -1.06. The summed E-state index contributed by atoms with van der Waals surface area (Å²) in [4.78, 5) is 28.6. The summed E-state index contributed by atoms with van der Waals surface area (Å²) < 4.78 is 1.38. The van der Waals surface area contributed by atoms with Gasteiger partial charge in [0.2, 0.25) is 0 Å². The topological polar surface area (TPSA) is 104 Å². The van der Waals surface area contributed by atoms with Crippen LogP contribution in [0.1, 0.15) is 34.5 Å². The number of aliphatic hydroxyl groups excluding tert-OH is 1. The Kier molecular flexibility index (Phi) is 6.09. The molecule has 0 saturated carbocycles. The third-order valence-electron chi connectivity index (χ3n) is 4.86. The van der Waals surface area contributed by atoms with Crippen molar-refractivity contribution in [3.8, 4) is 5.69 Å². The fraction of sp³-hybridized carbons (Fsp3) is 0.227. The van der Waals surface area contributed by atoms with Crippen molar-refractivity contribution in [1.29, 1.82) is 0 Å². The van der Waals surface area contributed by atoms with Gasteiger partial charge in [-0.25, -0.2) is 9.78 Å². The van der Waals surface area contributed by atoms with E-state index in [4.69, 9.17) is 0 Å². The van der Waals surface area contributed by atoms with Crippen LogP contribution in [0.5, 0.6) is 0 Å². The Morgan fingerprint density at radius 1 is 1.21 bits per heavy atom. The highest BCUT2D eigenvalue weighted by molar-refractivity contribution is 5.88. The van der Waals surface area contributed by atoms with Gasteiger partial charge in [-0.3, -0.25) is 9.36 Å². The molecule has 150 valence electrons. The number of aromatic nitrogens is 2. The lowest BCUT2D eigenvalue weighted by molar-refractivity contribution is 0.0697. The lowest BCUT2D eigenvalue weighted by Crippen LogP contribution is -2.29. The molecule has 0 fully saturated rings. The molecule has 7 nitrogen and oxygen atoms in total. The molecule has 3 rings (SSSR count). The second-order valence-electron chi connectivity index (χ2n) is 6.95. The number of aliphatic hydroxyl groups is 1. The normalized spacial score (nSPS) is 12.9. The standard InChI is InChI=1S/C22H23N3O4/c1-14-8-9-17(22(28)29)12-18(14)25-11-10-23-20(21(25)27)24-19(15(2)13-26)16-6-4-3-5-7-16/h3-12,15,19,26H,13H2,1-2H3,(H,23,24)(H,28,29). The number of benzene rings is 2. The van der Waals surface area contributed by atoms with Crippen molar-refractivity contribution in [2.75, 3.05) is 11.9 Å². The fourth-order valence-electron chi connectivity index (χ4n) is 3.17. The zero-order valence-corrected chi connectivity index (χ0v) is 16.2. The molecule has 0 aliphatic heterocycles. The van der Waals surface area contributed by atoms with Crippen LogP contribution in [0.15, 0.2) is 65.7 Å². The van der Waals surface area contributed by atoms with E-state index in [1.165, 1.54) is 29.1 Å². The van der Waals surface area contributed by atoms with Gasteiger partial charge < -0.3 is 15.5 Å². The molecule has 3 aromatic rings.